The average Bonchev–Trinajstić information content (AvgIpc) is 2.33. The maximum absolute atomic E-state index is 13.3. The molecule has 4 heteroatoms. The number of aliphatic hydroxyl groups excluding tert-OH is 1. The molecular formula is C12H14FNO2. The van der Waals surface area contributed by atoms with Crippen molar-refractivity contribution in [3.63, 3.8) is 0 Å². The topological polar surface area (TPSA) is 40.5 Å². The summed E-state index contributed by atoms with van der Waals surface area (Å²) in [5.74, 6) is -0.171. The highest BCUT2D eigenvalue weighted by molar-refractivity contribution is 5.94. The minimum absolute atomic E-state index is 0.0190. The summed E-state index contributed by atoms with van der Waals surface area (Å²) < 4.78 is 13.3. The molecule has 1 heterocycles. The normalized spacial score (nSPS) is 25.5. The van der Waals surface area contributed by atoms with E-state index in [-0.39, 0.29) is 12.5 Å². The molecule has 1 amide bonds. The number of alkyl halides is 1. The van der Waals surface area contributed by atoms with Gasteiger partial charge < -0.3 is 10.0 Å². The van der Waals surface area contributed by atoms with E-state index >= 15 is 0 Å². The van der Waals surface area contributed by atoms with Crippen LogP contribution in [0.2, 0.25) is 0 Å². The van der Waals surface area contributed by atoms with Gasteiger partial charge in [-0.2, -0.15) is 0 Å². The van der Waals surface area contributed by atoms with Crippen molar-refractivity contribution in [2.24, 2.45) is 0 Å². The quantitative estimate of drug-likeness (QED) is 0.778. The zero-order valence-corrected chi connectivity index (χ0v) is 8.84. The molecule has 1 aromatic carbocycles. The molecule has 1 aromatic rings. The number of halogens is 1. The Bertz CT molecular complexity index is 369. The number of hydrogen-bond donors (Lipinski definition) is 1. The monoisotopic (exact) mass is 223 g/mol. The van der Waals surface area contributed by atoms with Crippen LogP contribution in [0, 0.1) is 0 Å². The van der Waals surface area contributed by atoms with E-state index in [1.54, 1.807) is 24.3 Å². The lowest BCUT2D eigenvalue weighted by Gasteiger charge is -2.32. The van der Waals surface area contributed by atoms with E-state index in [1.807, 2.05) is 6.07 Å². The molecule has 0 unspecified atom stereocenters. The van der Waals surface area contributed by atoms with Crippen molar-refractivity contribution in [3.05, 3.63) is 35.9 Å². The number of aliphatic hydroxyl groups is 1. The van der Waals surface area contributed by atoms with Gasteiger partial charge >= 0.3 is 0 Å². The van der Waals surface area contributed by atoms with Crippen molar-refractivity contribution in [2.45, 2.75) is 18.7 Å². The number of rotatable bonds is 1. The molecule has 0 bridgehead atoms. The first-order valence-electron chi connectivity index (χ1n) is 5.35. The first-order chi connectivity index (χ1) is 7.68. The number of benzene rings is 1. The molecule has 0 aromatic heterocycles. The highest BCUT2D eigenvalue weighted by Crippen LogP contribution is 2.16. The van der Waals surface area contributed by atoms with Crippen molar-refractivity contribution in [1.82, 2.24) is 4.90 Å². The Kier molecular flexibility index (Phi) is 3.19. The van der Waals surface area contributed by atoms with Gasteiger partial charge in [0.25, 0.3) is 5.91 Å². The molecule has 16 heavy (non-hydrogen) atoms. The SMILES string of the molecule is O=C(c1ccccc1)N1CC[C@H](O)[C@@H](F)C1. The largest absolute Gasteiger partial charge is 0.390 e. The molecule has 2 rings (SSSR count). The van der Waals surface area contributed by atoms with Crippen molar-refractivity contribution in [3.8, 4) is 0 Å². The summed E-state index contributed by atoms with van der Waals surface area (Å²) in [5.41, 5.74) is 0.561. The third kappa shape index (κ3) is 2.22. The Labute approximate surface area is 93.5 Å². The van der Waals surface area contributed by atoms with Gasteiger partial charge in [-0.3, -0.25) is 4.79 Å². The predicted octanol–water partition coefficient (Wildman–Crippen LogP) is 1.23. The van der Waals surface area contributed by atoms with Crippen LogP contribution in [0.1, 0.15) is 16.8 Å². The Morgan fingerprint density at radius 3 is 2.69 bits per heavy atom. The average molecular weight is 223 g/mol. The second-order valence-electron chi connectivity index (χ2n) is 3.99. The number of nitrogens with zero attached hydrogens (tertiary/aromatic N) is 1. The fourth-order valence-electron chi connectivity index (χ4n) is 1.84. The predicted molar refractivity (Wildman–Crippen MR) is 57.9 cm³/mol. The highest BCUT2D eigenvalue weighted by Gasteiger charge is 2.30. The molecule has 0 aliphatic carbocycles. The molecule has 1 aliphatic rings. The first kappa shape index (κ1) is 11.1. The third-order valence-electron chi connectivity index (χ3n) is 2.82. The second kappa shape index (κ2) is 4.61. The van der Waals surface area contributed by atoms with E-state index in [9.17, 15) is 14.3 Å². The summed E-state index contributed by atoms with van der Waals surface area (Å²) in [6.45, 7) is 0.393. The van der Waals surface area contributed by atoms with Crippen LogP contribution in [0.5, 0.6) is 0 Å². The molecule has 3 nitrogen and oxygen atoms in total. The van der Waals surface area contributed by atoms with Crippen molar-refractivity contribution >= 4 is 5.91 Å². The van der Waals surface area contributed by atoms with E-state index in [0.29, 0.717) is 18.5 Å². The number of amides is 1. The Morgan fingerprint density at radius 1 is 1.38 bits per heavy atom. The van der Waals surface area contributed by atoms with Crippen LogP contribution in [0.15, 0.2) is 30.3 Å². The van der Waals surface area contributed by atoms with Gasteiger partial charge in [-0.05, 0) is 18.6 Å². The van der Waals surface area contributed by atoms with E-state index in [0.717, 1.165) is 0 Å². The lowest BCUT2D eigenvalue weighted by molar-refractivity contribution is 0.00826. The maximum atomic E-state index is 13.3. The third-order valence-corrected chi connectivity index (χ3v) is 2.82. The number of likely N-dealkylation sites (tertiary alicyclic amines) is 1. The van der Waals surface area contributed by atoms with Crippen molar-refractivity contribution in [1.29, 1.82) is 0 Å². The van der Waals surface area contributed by atoms with Crippen LogP contribution in [0.3, 0.4) is 0 Å². The van der Waals surface area contributed by atoms with Gasteiger partial charge in [0.2, 0.25) is 0 Å². The zero-order chi connectivity index (χ0) is 11.5. The molecule has 0 spiro atoms. The molecule has 1 fully saturated rings. The van der Waals surface area contributed by atoms with Crippen LogP contribution in [-0.2, 0) is 0 Å². The summed E-state index contributed by atoms with van der Waals surface area (Å²) >= 11 is 0. The minimum Gasteiger partial charge on any atom is -0.390 e. The van der Waals surface area contributed by atoms with E-state index in [4.69, 9.17) is 0 Å². The Balaban J connectivity index is 2.06. The molecule has 0 saturated carbocycles. The van der Waals surface area contributed by atoms with Gasteiger partial charge in [-0.1, -0.05) is 18.2 Å². The van der Waals surface area contributed by atoms with Crippen molar-refractivity contribution < 1.29 is 14.3 Å². The van der Waals surface area contributed by atoms with E-state index in [2.05, 4.69) is 0 Å². The van der Waals surface area contributed by atoms with Gasteiger partial charge in [-0.15, -0.1) is 0 Å². The molecule has 1 aliphatic heterocycles. The number of carbonyl (C=O) groups is 1. The van der Waals surface area contributed by atoms with E-state index in [1.165, 1.54) is 4.90 Å². The van der Waals surface area contributed by atoms with Crippen LogP contribution < -0.4 is 0 Å². The highest BCUT2D eigenvalue weighted by atomic mass is 19.1. The standard InChI is InChI=1S/C12H14FNO2/c13-10-8-14(7-6-11(10)15)12(16)9-4-2-1-3-5-9/h1-5,10-11,15H,6-8H2/t10-,11-/m0/s1. The van der Waals surface area contributed by atoms with Crippen molar-refractivity contribution in [2.75, 3.05) is 13.1 Å². The fourth-order valence-corrected chi connectivity index (χ4v) is 1.84. The lowest BCUT2D eigenvalue weighted by Crippen LogP contribution is -2.47. The minimum atomic E-state index is -1.33. The van der Waals surface area contributed by atoms with Crippen LogP contribution in [0.4, 0.5) is 4.39 Å². The second-order valence-corrected chi connectivity index (χ2v) is 3.99. The smallest absolute Gasteiger partial charge is 0.253 e. The van der Waals surface area contributed by atoms with Gasteiger partial charge in [0.05, 0.1) is 12.6 Å². The number of hydrogen-bond acceptors (Lipinski definition) is 2. The summed E-state index contributed by atoms with van der Waals surface area (Å²) in [6.07, 6.45) is -1.96. The summed E-state index contributed by atoms with van der Waals surface area (Å²) in [7, 11) is 0. The Morgan fingerprint density at radius 2 is 2.06 bits per heavy atom. The fraction of sp³-hybridized carbons (Fsp3) is 0.417. The van der Waals surface area contributed by atoms with Crippen LogP contribution >= 0.6 is 0 Å². The van der Waals surface area contributed by atoms with Gasteiger partial charge in [-0.25, -0.2) is 4.39 Å². The first-order valence-corrected chi connectivity index (χ1v) is 5.35. The maximum Gasteiger partial charge on any atom is 0.253 e. The molecule has 86 valence electrons. The van der Waals surface area contributed by atoms with E-state index < -0.39 is 12.3 Å². The zero-order valence-electron chi connectivity index (χ0n) is 8.84. The van der Waals surface area contributed by atoms with Gasteiger partial charge in [0, 0.05) is 12.1 Å². The van der Waals surface area contributed by atoms with Crippen LogP contribution in [0.25, 0.3) is 0 Å². The molecule has 2 atom stereocenters. The molecule has 1 N–H and O–H groups in total. The lowest BCUT2D eigenvalue weighted by atomic mass is 10.0. The Hall–Kier alpha value is -1.42. The van der Waals surface area contributed by atoms with Gasteiger partial charge in [0.15, 0.2) is 0 Å². The van der Waals surface area contributed by atoms with Crippen LogP contribution in [-0.4, -0.2) is 41.3 Å². The summed E-state index contributed by atoms with van der Waals surface area (Å²) in [6, 6.07) is 8.80. The molecular weight excluding hydrogens is 209 g/mol. The molecule has 1 saturated heterocycles. The molecule has 0 radical (unpaired) electrons. The summed E-state index contributed by atoms with van der Waals surface area (Å²) in [5, 5.41) is 9.23. The number of piperidine rings is 1. The number of carbonyl (C=O) groups excluding carboxylic acids is 1. The van der Waals surface area contributed by atoms with Gasteiger partial charge in [0.1, 0.15) is 6.17 Å². The summed E-state index contributed by atoms with van der Waals surface area (Å²) in [4.78, 5) is 13.4.